The van der Waals surface area contributed by atoms with E-state index in [9.17, 15) is 9.90 Å². The van der Waals surface area contributed by atoms with Crippen LogP contribution in [-0.2, 0) is 58.8 Å². The lowest BCUT2D eigenvalue weighted by Gasteiger charge is -2.20. The molecule has 0 amide bonds. The summed E-state index contributed by atoms with van der Waals surface area (Å²) in [5, 5.41) is 11.7. The number of carbonyl (C=O) groups is 1. The van der Waals surface area contributed by atoms with Crippen LogP contribution in [0.4, 0.5) is 0 Å². The molecule has 2 aliphatic carbocycles. The molecular formula is C62H85N3O15. The maximum Gasteiger partial charge on any atom is 0.306 e. The van der Waals surface area contributed by atoms with Crippen LogP contribution >= 0.6 is 0 Å². The second-order valence-corrected chi connectivity index (χ2v) is 20.0. The third-order valence-electron chi connectivity index (χ3n) is 14.8. The van der Waals surface area contributed by atoms with E-state index in [2.05, 4.69) is 59.8 Å². The van der Waals surface area contributed by atoms with E-state index in [4.69, 9.17) is 76.6 Å². The Morgan fingerprint density at radius 3 is 1.56 bits per heavy atom. The summed E-state index contributed by atoms with van der Waals surface area (Å²) in [4.78, 5) is 29.9. The number of allylic oxidation sites excluding steroid dienone is 13. The largest absolute Gasteiger partial charge is 0.511 e. The van der Waals surface area contributed by atoms with Crippen molar-refractivity contribution in [2.75, 3.05) is 140 Å². The lowest BCUT2D eigenvalue weighted by Crippen LogP contribution is -2.21. The highest BCUT2D eigenvalue weighted by molar-refractivity contribution is 6.16. The molecule has 4 heterocycles. The topological polar surface area (TPSA) is 194 Å². The number of esters is 1. The first-order valence-electron chi connectivity index (χ1n) is 28.3. The van der Waals surface area contributed by atoms with Gasteiger partial charge in [-0.1, -0.05) is 20.8 Å². The molecule has 1 aromatic carbocycles. The molecule has 4 aliphatic heterocycles. The minimum absolute atomic E-state index is 0.0537. The van der Waals surface area contributed by atoms with E-state index >= 15 is 0 Å². The van der Waals surface area contributed by atoms with Crippen LogP contribution in [-0.4, -0.2) is 168 Å². The molecule has 0 saturated carbocycles. The molecule has 0 fully saturated rings. The van der Waals surface area contributed by atoms with Gasteiger partial charge in [0, 0.05) is 63.0 Å². The number of nitrogens with zero attached hydrogens (tertiary/aromatic N) is 3. The molecule has 7 rings (SSSR count). The van der Waals surface area contributed by atoms with Crippen molar-refractivity contribution in [2.24, 2.45) is 26.8 Å². The molecule has 0 saturated heterocycles. The SMILES string of the molecule is CCC1=C(C)C2=NC1=CC1=C(C)C3=C(O)CC(=C3C1)C1=NC(=CC3=NC(=C2)C(CC)=C3C)[C@@H](C)[C@@H]1CCC(=O)OCc1cc(OCCOCCOCCOC)c(OCCOCCOCCOC)c(OCCOCCOCCOC)c1. The number of hydrogen-bond donors (Lipinski definition) is 1. The Morgan fingerprint density at radius 1 is 0.575 bits per heavy atom. The van der Waals surface area contributed by atoms with Gasteiger partial charge in [-0.2, -0.15) is 0 Å². The van der Waals surface area contributed by atoms with Gasteiger partial charge in [0.25, 0.3) is 0 Å². The van der Waals surface area contributed by atoms with Crippen molar-refractivity contribution in [3.05, 3.63) is 109 Å². The van der Waals surface area contributed by atoms with Crippen LogP contribution in [0, 0.1) is 11.8 Å². The van der Waals surface area contributed by atoms with E-state index < -0.39 is 0 Å². The first kappa shape index (κ1) is 62.1. The molecule has 2 atom stereocenters. The van der Waals surface area contributed by atoms with E-state index in [1.54, 1.807) is 33.5 Å². The zero-order valence-corrected chi connectivity index (χ0v) is 48.7. The number of aliphatic hydroxyl groups is 1. The monoisotopic (exact) mass is 1110 g/mol. The molecule has 1 N–H and O–H groups in total. The fraction of sp³-hybridized carbons (Fsp3) is 0.581. The Labute approximate surface area is 472 Å². The van der Waals surface area contributed by atoms with Crippen molar-refractivity contribution in [2.45, 2.75) is 86.7 Å². The summed E-state index contributed by atoms with van der Waals surface area (Å²) in [6.45, 7) is 19.6. The van der Waals surface area contributed by atoms with E-state index in [1.165, 1.54) is 16.7 Å². The number of rotatable bonds is 37. The van der Waals surface area contributed by atoms with Gasteiger partial charge in [0.2, 0.25) is 5.75 Å². The van der Waals surface area contributed by atoms with Gasteiger partial charge in [-0.3, -0.25) is 9.79 Å². The standard InChI is InChI=1S/C62H85N3O15/c1-10-46-41(4)52-38-55-47(11-2)42(5)51(64-55)37-53-43(6)48(61(65-53)50-36-56(66)60-40(3)45(34-49(50)60)35-54(46)63-52)12-13-59(67)80-39-44-32-57(77-29-26-74-23-20-71-17-14-68-7)62(79-31-28-76-25-22-73-19-16-70-9)58(33-44)78-30-27-75-24-21-72-18-15-69-8/h32-33,35,37-38,43,48,66H,10-31,34,36,39H2,1-9H3/t43-,48-/m0/s1. The van der Waals surface area contributed by atoms with Crippen molar-refractivity contribution < 1.29 is 71.5 Å². The van der Waals surface area contributed by atoms with Gasteiger partial charge in [0.05, 0.1) is 122 Å². The quantitative estimate of drug-likeness (QED) is 0.0488. The van der Waals surface area contributed by atoms with Crippen LogP contribution in [0.25, 0.3) is 0 Å². The van der Waals surface area contributed by atoms with Crippen LogP contribution < -0.4 is 14.2 Å². The number of benzene rings is 1. The number of carbonyl (C=O) groups excluding carboxylic acids is 1. The second-order valence-electron chi connectivity index (χ2n) is 20.0. The summed E-state index contributed by atoms with van der Waals surface area (Å²) >= 11 is 0. The first-order valence-corrected chi connectivity index (χ1v) is 28.3. The first-order chi connectivity index (χ1) is 39.0. The average Bonchev–Trinajstić information content (AvgIpc) is 4.24. The number of fused-ring (bicyclic) bond motifs is 5. The maximum atomic E-state index is 14.1. The van der Waals surface area contributed by atoms with Crippen molar-refractivity contribution in [3.63, 3.8) is 0 Å². The fourth-order valence-electron chi connectivity index (χ4n) is 10.5. The summed E-state index contributed by atoms with van der Waals surface area (Å²) in [6, 6.07) is 3.59. The van der Waals surface area contributed by atoms with Crippen LogP contribution in [0.2, 0.25) is 0 Å². The molecule has 1 aromatic rings. The molecule has 6 aliphatic rings. The van der Waals surface area contributed by atoms with Crippen LogP contribution in [0.3, 0.4) is 0 Å². The van der Waals surface area contributed by atoms with Gasteiger partial charge in [-0.15, -0.1) is 0 Å². The fourth-order valence-corrected chi connectivity index (χ4v) is 10.5. The molecule has 0 spiro atoms. The van der Waals surface area contributed by atoms with E-state index in [-0.39, 0.29) is 70.5 Å². The number of hydrogen-bond acceptors (Lipinski definition) is 18. The van der Waals surface area contributed by atoms with Gasteiger partial charge in [0.1, 0.15) is 32.2 Å². The number of ether oxygens (including phenoxy) is 13. The molecule has 18 nitrogen and oxygen atoms in total. The van der Waals surface area contributed by atoms with Gasteiger partial charge in [0.15, 0.2) is 11.5 Å². The van der Waals surface area contributed by atoms with Crippen molar-refractivity contribution >= 4 is 23.1 Å². The summed E-state index contributed by atoms with van der Waals surface area (Å²) in [7, 11) is 4.89. The third-order valence-corrected chi connectivity index (χ3v) is 14.8. The number of aliphatic hydroxyl groups excluding tert-OH is 1. The highest BCUT2D eigenvalue weighted by Gasteiger charge is 2.41. The predicted octanol–water partition coefficient (Wildman–Crippen LogP) is 9.65. The van der Waals surface area contributed by atoms with E-state index in [1.807, 2.05) is 0 Å². The highest BCUT2D eigenvalue weighted by atomic mass is 16.6. The van der Waals surface area contributed by atoms with Gasteiger partial charge in [-0.05, 0) is 127 Å². The zero-order valence-electron chi connectivity index (χ0n) is 48.7. The Bertz CT molecular complexity index is 2640. The molecule has 0 unspecified atom stereocenters. The molecular weight excluding hydrogens is 1030 g/mol. The number of methoxy groups -OCH3 is 3. The lowest BCUT2D eigenvalue weighted by molar-refractivity contribution is -0.145. The number of aliphatic imine (C=N–C) groups is 3. The van der Waals surface area contributed by atoms with E-state index in [0.717, 1.165) is 80.5 Å². The van der Waals surface area contributed by atoms with Crippen LogP contribution in [0.1, 0.15) is 85.6 Å². The Kier molecular flexibility index (Phi) is 25.0. The van der Waals surface area contributed by atoms with Gasteiger partial charge >= 0.3 is 5.97 Å². The minimum Gasteiger partial charge on any atom is -0.511 e. The highest BCUT2D eigenvalue weighted by Crippen LogP contribution is 2.50. The Balaban J connectivity index is 1.09. The lowest BCUT2D eigenvalue weighted by atomic mass is 9.82. The normalized spacial score (nSPS) is 18.6. The van der Waals surface area contributed by atoms with E-state index in [0.29, 0.717) is 127 Å². The smallest absolute Gasteiger partial charge is 0.306 e. The Morgan fingerprint density at radius 2 is 1.05 bits per heavy atom. The average molecular weight is 1110 g/mol. The summed E-state index contributed by atoms with van der Waals surface area (Å²) in [5.41, 5.74) is 16.1. The summed E-state index contributed by atoms with van der Waals surface area (Å²) in [5.74, 6) is 0.927. The van der Waals surface area contributed by atoms with Gasteiger partial charge in [-0.25, -0.2) is 9.98 Å². The van der Waals surface area contributed by atoms with Gasteiger partial charge < -0.3 is 66.7 Å². The maximum absolute atomic E-state index is 14.1. The van der Waals surface area contributed by atoms with Crippen LogP contribution in [0.5, 0.6) is 17.2 Å². The molecule has 80 heavy (non-hydrogen) atoms. The summed E-state index contributed by atoms with van der Waals surface area (Å²) < 4.78 is 74.2. The second kappa shape index (κ2) is 32.2. The molecule has 438 valence electrons. The molecule has 0 aromatic heterocycles. The third kappa shape index (κ3) is 16.6. The molecule has 0 radical (unpaired) electrons. The van der Waals surface area contributed by atoms with Crippen molar-refractivity contribution in [3.8, 4) is 17.2 Å². The summed E-state index contributed by atoms with van der Waals surface area (Å²) in [6.07, 6.45) is 9.80. The minimum atomic E-state index is -0.367. The van der Waals surface area contributed by atoms with Crippen molar-refractivity contribution in [1.29, 1.82) is 0 Å². The van der Waals surface area contributed by atoms with Crippen molar-refractivity contribution in [1.82, 2.24) is 0 Å². The predicted molar refractivity (Wildman–Crippen MR) is 306 cm³/mol. The zero-order chi connectivity index (χ0) is 56.8. The Hall–Kier alpha value is -5.54. The van der Waals surface area contributed by atoms with Crippen LogP contribution in [0.15, 0.2) is 118 Å². The molecule has 18 heteroatoms. The molecule has 8 bridgehead atoms.